The van der Waals surface area contributed by atoms with Gasteiger partial charge in [-0.15, -0.1) is 11.8 Å². The molecule has 0 saturated heterocycles. The third-order valence-corrected chi connectivity index (χ3v) is 5.40. The second-order valence-electron chi connectivity index (χ2n) is 6.24. The molecule has 0 fully saturated rings. The SMILES string of the molecule is CSc1ccccc1N1C(=O)c2ccccc2C1=Cc1ccc([N+](=O)[O-])cc1. The summed E-state index contributed by atoms with van der Waals surface area (Å²) >= 11 is 1.58. The van der Waals surface area contributed by atoms with E-state index in [2.05, 4.69) is 0 Å². The number of hydrogen-bond donors (Lipinski definition) is 0. The second-order valence-corrected chi connectivity index (χ2v) is 7.08. The van der Waals surface area contributed by atoms with Crippen LogP contribution < -0.4 is 4.90 Å². The van der Waals surface area contributed by atoms with Crippen molar-refractivity contribution in [3.63, 3.8) is 0 Å². The fraction of sp³-hybridized carbons (Fsp3) is 0.0455. The van der Waals surface area contributed by atoms with E-state index in [0.29, 0.717) is 5.56 Å². The van der Waals surface area contributed by atoms with Crippen molar-refractivity contribution in [1.82, 2.24) is 0 Å². The van der Waals surface area contributed by atoms with Gasteiger partial charge in [0.15, 0.2) is 0 Å². The van der Waals surface area contributed by atoms with Crippen molar-refractivity contribution < 1.29 is 9.72 Å². The van der Waals surface area contributed by atoms with Crippen molar-refractivity contribution in [1.29, 1.82) is 0 Å². The van der Waals surface area contributed by atoms with E-state index in [1.54, 1.807) is 28.8 Å². The number of nitrogens with zero attached hydrogens (tertiary/aromatic N) is 2. The first-order valence-corrected chi connectivity index (χ1v) is 9.85. The van der Waals surface area contributed by atoms with Gasteiger partial charge in [-0.2, -0.15) is 0 Å². The Morgan fingerprint density at radius 1 is 0.929 bits per heavy atom. The lowest BCUT2D eigenvalue weighted by molar-refractivity contribution is -0.384. The largest absolute Gasteiger partial charge is 0.275 e. The Hall–Kier alpha value is -3.38. The Balaban J connectivity index is 1.87. The Labute approximate surface area is 166 Å². The van der Waals surface area contributed by atoms with Crippen LogP contribution in [-0.4, -0.2) is 17.1 Å². The predicted molar refractivity (Wildman–Crippen MR) is 112 cm³/mol. The minimum Gasteiger partial charge on any atom is -0.275 e. The van der Waals surface area contributed by atoms with Crippen LogP contribution in [0.3, 0.4) is 0 Å². The van der Waals surface area contributed by atoms with Crippen molar-refractivity contribution in [2.75, 3.05) is 11.2 Å². The Bertz CT molecular complexity index is 1110. The lowest BCUT2D eigenvalue weighted by Gasteiger charge is -2.21. The fourth-order valence-electron chi connectivity index (χ4n) is 3.29. The highest BCUT2D eigenvalue weighted by molar-refractivity contribution is 7.98. The summed E-state index contributed by atoms with van der Waals surface area (Å²) in [6.07, 6.45) is 3.87. The van der Waals surface area contributed by atoms with Gasteiger partial charge in [0.2, 0.25) is 0 Å². The number of carbonyl (C=O) groups is 1. The standard InChI is InChI=1S/C22H16N2O3S/c1-28-21-9-5-4-8-19(21)23-20(17-6-2-3-7-18(17)22(23)25)14-15-10-12-16(13-11-15)24(26)27/h2-14H,1H3. The first-order valence-electron chi connectivity index (χ1n) is 8.63. The molecule has 0 aliphatic carbocycles. The zero-order valence-corrected chi connectivity index (χ0v) is 15.8. The van der Waals surface area contributed by atoms with Gasteiger partial charge in [-0.1, -0.05) is 30.3 Å². The fourth-order valence-corrected chi connectivity index (χ4v) is 3.87. The molecular weight excluding hydrogens is 372 g/mol. The molecule has 138 valence electrons. The van der Waals surface area contributed by atoms with Gasteiger partial charge in [0, 0.05) is 28.2 Å². The van der Waals surface area contributed by atoms with Gasteiger partial charge in [-0.3, -0.25) is 19.8 Å². The first-order chi connectivity index (χ1) is 13.6. The van der Waals surface area contributed by atoms with Crippen molar-refractivity contribution >= 4 is 40.8 Å². The monoisotopic (exact) mass is 388 g/mol. The number of thioether (sulfide) groups is 1. The maximum atomic E-state index is 13.2. The van der Waals surface area contributed by atoms with Gasteiger partial charge in [0.1, 0.15) is 0 Å². The molecule has 3 aromatic carbocycles. The molecule has 0 N–H and O–H groups in total. The minimum atomic E-state index is -0.424. The molecule has 0 saturated carbocycles. The number of hydrogen-bond acceptors (Lipinski definition) is 4. The van der Waals surface area contributed by atoms with E-state index in [4.69, 9.17) is 0 Å². The van der Waals surface area contributed by atoms with Gasteiger partial charge >= 0.3 is 0 Å². The van der Waals surface area contributed by atoms with Crippen LogP contribution in [0.1, 0.15) is 21.5 Å². The number of carbonyl (C=O) groups excluding carboxylic acids is 1. The summed E-state index contributed by atoms with van der Waals surface area (Å²) in [7, 11) is 0. The maximum Gasteiger partial charge on any atom is 0.269 e. The van der Waals surface area contributed by atoms with Crippen molar-refractivity contribution in [2.24, 2.45) is 0 Å². The van der Waals surface area contributed by atoms with E-state index >= 15 is 0 Å². The first kappa shape index (κ1) is 18.0. The van der Waals surface area contributed by atoms with E-state index in [1.165, 1.54) is 12.1 Å². The molecule has 1 heterocycles. The zero-order chi connectivity index (χ0) is 19.7. The number of non-ortho nitro benzene ring substituents is 1. The smallest absolute Gasteiger partial charge is 0.269 e. The van der Waals surface area contributed by atoms with Gasteiger partial charge in [-0.05, 0) is 48.2 Å². The summed E-state index contributed by atoms with van der Waals surface area (Å²) in [6, 6.07) is 21.6. The highest BCUT2D eigenvalue weighted by atomic mass is 32.2. The number of anilines is 1. The van der Waals surface area contributed by atoms with Crippen molar-refractivity contribution in [3.8, 4) is 0 Å². The quantitative estimate of drug-likeness (QED) is 0.337. The van der Waals surface area contributed by atoms with Crippen LogP contribution in [0.15, 0.2) is 77.7 Å². The molecule has 5 nitrogen and oxygen atoms in total. The molecule has 1 aliphatic heterocycles. The van der Waals surface area contributed by atoms with E-state index in [9.17, 15) is 14.9 Å². The van der Waals surface area contributed by atoms with Gasteiger partial charge in [0.25, 0.3) is 11.6 Å². The molecule has 0 unspecified atom stereocenters. The third kappa shape index (κ3) is 3.08. The summed E-state index contributed by atoms with van der Waals surface area (Å²) in [4.78, 5) is 26.4. The summed E-state index contributed by atoms with van der Waals surface area (Å²) < 4.78 is 0. The normalized spacial score (nSPS) is 14.4. The van der Waals surface area contributed by atoms with Crippen LogP contribution in [0.4, 0.5) is 11.4 Å². The van der Waals surface area contributed by atoms with Crippen LogP contribution in [0.25, 0.3) is 11.8 Å². The summed E-state index contributed by atoms with van der Waals surface area (Å²) in [5.41, 5.74) is 3.90. The molecule has 6 heteroatoms. The van der Waals surface area contributed by atoms with E-state index < -0.39 is 4.92 Å². The van der Waals surface area contributed by atoms with E-state index in [-0.39, 0.29) is 11.6 Å². The van der Waals surface area contributed by atoms with Crippen molar-refractivity contribution in [2.45, 2.75) is 4.90 Å². The Kier molecular flexibility index (Phi) is 4.71. The number of fused-ring (bicyclic) bond motifs is 1. The molecule has 28 heavy (non-hydrogen) atoms. The van der Waals surface area contributed by atoms with Crippen LogP contribution in [0.5, 0.6) is 0 Å². The summed E-state index contributed by atoms with van der Waals surface area (Å²) in [5.74, 6) is -0.0785. The Morgan fingerprint density at radius 3 is 2.25 bits per heavy atom. The highest BCUT2D eigenvalue weighted by Crippen LogP contribution is 2.41. The van der Waals surface area contributed by atoms with Gasteiger partial charge < -0.3 is 0 Å². The number of rotatable bonds is 4. The lowest BCUT2D eigenvalue weighted by atomic mass is 10.1. The molecule has 0 aromatic heterocycles. The molecule has 0 spiro atoms. The second kappa shape index (κ2) is 7.32. The lowest BCUT2D eigenvalue weighted by Crippen LogP contribution is -2.22. The summed E-state index contributed by atoms with van der Waals surface area (Å²) in [6.45, 7) is 0. The molecule has 3 aromatic rings. The van der Waals surface area contributed by atoms with Crippen LogP contribution >= 0.6 is 11.8 Å². The van der Waals surface area contributed by atoms with E-state index in [0.717, 1.165) is 27.4 Å². The molecule has 0 bridgehead atoms. The van der Waals surface area contributed by atoms with Gasteiger partial charge in [0.05, 0.1) is 16.3 Å². The van der Waals surface area contributed by atoms with Crippen LogP contribution in [-0.2, 0) is 0 Å². The summed E-state index contributed by atoms with van der Waals surface area (Å²) in [5, 5.41) is 10.9. The molecule has 4 rings (SSSR count). The molecule has 0 radical (unpaired) electrons. The van der Waals surface area contributed by atoms with E-state index in [1.807, 2.05) is 60.9 Å². The number of nitro benzene ring substituents is 1. The zero-order valence-electron chi connectivity index (χ0n) is 15.0. The number of para-hydroxylation sites is 1. The molecular formula is C22H16N2O3S. The molecule has 0 atom stereocenters. The van der Waals surface area contributed by atoms with Crippen LogP contribution in [0, 0.1) is 10.1 Å². The number of benzene rings is 3. The molecule has 1 aliphatic rings. The minimum absolute atomic E-state index is 0.0367. The van der Waals surface area contributed by atoms with Gasteiger partial charge in [-0.25, -0.2) is 0 Å². The highest BCUT2D eigenvalue weighted by Gasteiger charge is 2.34. The third-order valence-electron chi connectivity index (χ3n) is 4.61. The average Bonchev–Trinajstić information content (AvgIpc) is 3.00. The topological polar surface area (TPSA) is 63.5 Å². The number of nitro groups is 1. The van der Waals surface area contributed by atoms with Crippen LogP contribution in [0.2, 0.25) is 0 Å². The van der Waals surface area contributed by atoms with Crippen molar-refractivity contribution in [3.05, 3.63) is 99.6 Å². The number of amides is 1. The molecule has 1 amide bonds. The predicted octanol–water partition coefficient (Wildman–Crippen LogP) is 5.48. The average molecular weight is 388 g/mol. The Morgan fingerprint density at radius 2 is 1.57 bits per heavy atom. The maximum absolute atomic E-state index is 13.2.